The number of nitrogens with two attached hydrogens (primary N) is 1. The van der Waals surface area contributed by atoms with E-state index >= 15 is 0 Å². The monoisotopic (exact) mass is 242 g/mol. The van der Waals surface area contributed by atoms with Crippen molar-refractivity contribution in [2.24, 2.45) is 5.73 Å². The molecule has 1 aromatic carbocycles. The Balaban J connectivity index is 2.64. The fraction of sp³-hybridized carbons (Fsp3) is 0.222. The van der Waals surface area contributed by atoms with E-state index in [9.17, 15) is 4.79 Å². The maximum atomic E-state index is 10.7. The van der Waals surface area contributed by atoms with Crippen molar-refractivity contribution in [2.75, 3.05) is 5.32 Å². The molecule has 3 nitrogen and oxygen atoms in total. The average molecular weight is 243 g/mol. The molecule has 1 aromatic rings. The number of anilines is 1. The van der Waals surface area contributed by atoms with E-state index in [0.717, 1.165) is 10.2 Å². The third kappa shape index (κ3) is 3.06. The molecule has 0 aromatic heterocycles. The first kappa shape index (κ1) is 10.1. The fourth-order valence-electron chi connectivity index (χ4n) is 0.867. The summed E-state index contributed by atoms with van der Waals surface area (Å²) in [6.45, 7) is 1.73. The molecule has 0 saturated carbocycles. The van der Waals surface area contributed by atoms with Crippen LogP contribution in [0.25, 0.3) is 0 Å². The van der Waals surface area contributed by atoms with Gasteiger partial charge in [-0.15, -0.1) is 0 Å². The Kier molecular flexibility index (Phi) is 3.31. The molecular weight excluding hydrogens is 232 g/mol. The molecule has 0 fully saturated rings. The normalized spacial score (nSPS) is 12.2. The smallest absolute Gasteiger partial charge is 0.239 e. The van der Waals surface area contributed by atoms with E-state index < -0.39 is 0 Å². The van der Waals surface area contributed by atoms with Gasteiger partial charge < -0.3 is 11.1 Å². The molecule has 3 N–H and O–H groups in total. The van der Waals surface area contributed by atoms with E-state index in [1.54, 1.807) is 6.92 Å². The van der Waals surface area contributed by atoms with Crippen molar-refractivity contribution in [2.45, 2.75) is 13.0 Å². The van der Waals surface area contributed by atoms with E-state index in [2.05, 4.69) is 21.2 Å². The van der Waals surface area contributed by atoms with Gasteiger partial charge >= 0.3 is 0 Å². The Hall–Kier alpha value is -1.03. The van der Waals surface area contributed by atoms with Crippen LogP contribution in [-0.2, 0) is 4.79 Å². The number of rotatable bonds is 3. The number of carbonyl (C=O) groups excluding carboxylic acids is 1. The van der Waals surface area contributed by atoms with Crippen LogP contribution in [0.5, 0.6) is 0 Å². The maximum absolute atomic E-state index is 10.7. The van der Waals surface area contributed by atoms with E-state index in [4.69, 9.17) is 5.73 Å². The third-order valence-electron chi connectivity index (χ3n) is 1.65. The zero-order chi connectivity index (χ0) is 9.84. The molecule has 1 unspecified atom stereocenters. The summed E-state index contributed by atoms with van der Waals surface area (Å²) in [5.41, 5.74) is 5.99. The summed E-state index contributed by atoms with van der Waals surface area (Å²) in [6, 6.07) is 7.21. The zero-order valence-corrected chi connectivity index (χ0v) is 8.84. The van der Waals surface area contributed by atoms with Crippen molar-refractivity contribution in [1.29, 1.82) is 0 Å². The highest BCUT2D eigenvalue weighted by molar-refractivity contribution is 9.10. The lowest BCUT2D eigenvalue weighted by Crippen LogP contribution is -2.32. The van der Waals surface area contributed by atoms with Crippen LogP contribution in [0.4, 0.5) is 5.69 Å². The van der Waals surface area contributed by atoms with Gasteiger partial charge in [0.25, 0.3) is 0 Å². The first-order chi connectivity index (χ1) is 6.09. The summed E-state index contributed by atoms with van der Waals surface area (Å²) < 4.78 is 1.00. The first-order valence-electron chi connectivity index (χ1n) is 3.91. The van der Waals surface area contributed by atoms with E-state index in [1.807, 2.05) is 24.3 Å². The van der Waals surface area contributed by atoms with E-state index in [1.165, 1.54) is 0 Å². The Morgan fingerprint density at radius 1 is 1.46 bits per heavy atom. The minimum absolute atomic E-state index is 0.346. The topological polar surface area (TPSA) is 55.1 Å². The second-order valence-corrected chi connectivity index (χ2v) is 3.69. The quantitative estimate of drug-likeness (QED) is 0.849. The standard InChI is InChI=1S/C9H11BrN2O/c1-6(9(11)13)12-8-4-2-7(10)3-5-8/h2-6,12H,1H3,(H2,11,13). The molecule has 13 heavy (non-hydrogen) atoms. The molecule has 0 spiro atoms. The number of hydrogen-bond donors (Lipinski definition) is 2. The number of benzene rings is 1. The lowest BCUT2D eigenvalue weighted by molar-refractivity contribution is -0.118. The van der Waals surface area contributed by atoms with Crippen LogP contribution >= 0.6 is 15.9 Å². The molecule has 0 aliphatic heterocycles. The molecule has 0 heterocycles. The third-order valence-corrected chi connectivity index (χ3v) is 2.18. The molecule has 1 atom stereocenters. The average Bonchev–Trinajstić information content (AvgIpc) is 2.08. The summed E-state index contributed by atoms with van der Waals surface area (Å²) in [5, 5.41) is 2.97. The Labute approximate surface area is 85.4 Å². The number of nitrogens with one attached hydrogen (secondary N) is 1. The van der Waals surface area contributed by atoms with Gasteiger partial charge in [0.2, 0.25) is 5.91 Å². The molecule has 0 saturated heterocycles. The van der Waals surface area contributed by atoms with E-state index in [0.29, 0.717) is 0 Å². The largest absolute Gasteiger partial charge is 0.374 e. The fourth-order valence-corrected chi connectivity index (χ4v) is 1.13. The predicted octanol–water partition coefficient (Wildman–Crippen LogP) is 1.73. The number of carbonyl (C=O) groups is 1. The van der Waals surface area contributed by atoms with Gasteiger partial charge in [0.1, 0.15) is 6.04 Å². The van der Waals surface area contributed by atoms with Crippen LogP contribution < -0.4 is 11.1 Å². The molecule has 1 amide bonds. The Morgan fingerprint density at radius 2 is 2.00 bits per heavy atom. The van der Waals surface area contributed by atoms with Gasteiger partial charge in [-0.25, -0.2) is 0 Å². The van der Waals surface area contributed by atoms with Crippen LogP contribution in [0.1, 0.15) is 6.92 Å². The highest BCUT2D eigenvalue weighted by atomic mass is 79.9. The molecule has 4 heteroatoms. The molecule has 70 valence electrons. The lowest BCUT2D eigenvalue weighted by Gasteiger charge is -2.10. The van der Waals surface area contributed by atoms with Crippen molar-refractivity contribution < 1.29 is 4.79 Å². The highest BCUT2D eigenvalue weighted by Gasteiger charge is 2.06. The molecular formula is C9H11BrN2O. The first-order valence-corrected chi connectivity index (χ1v) is 4.70. The highest BCUT2D eigenvalue weighted by Crippen LogP contribution is 2.14. The van der Waals surface area contributed by atoms with Crippen molar-refractivity contribution in [3.63, 3.8) is 0 Å². The number of amides is 1. The molecule has 0 bridgehead atoms. The summed E-state index contributed by atoms with van der Waals surface area (Å²) >= 11 is 3.32. The second-order valence-electron chi connectivity index (χ2n) is 2.78. The van der Waals surface area contributed by atoms with Gasteiger partial charge in [-0.05, 0) is 31.2 Å². The minimum atomic E-state index is -0.358. The minimum Gasteiger partial charge on any atom is -0.374 e. The second kappa shape index (κ2) is 4.28. The summed E-state index contributed by atoms with van der Waals surface area (Å²) in [4.78, 5) is 10.7. The summed E-state index contributed by atoms with van der Waals surface area (Å²) in [7, 11) is 0. The van der Waals surface area contributed by atoms with Crippen LogP contribution in [0.3, 0.4) is 0 Å². The van der Waals surface area contributed by atoms with Gasteiger partial charge in [0.05, 0.1) is 0 Å². The zero-order valence-electron chi connectivity index (χ0n) is 7.25. The number of hydrogen-bond acceptors (Lipinski definition) is 2. The summed E-state index contributed by atoms with van der Waals surface area (Å²) in [5.74, 6) is -0.358. The molecule has 0 aliphatic rings. The van der Waals surface area contributed by atoms with Crippen molar-refractivity contribution in [3.05, 3.63) is 28.7 Å². The van der Waals surface area contributed by atoms with E-state index in [-0.39, 0.29) is 11.9 Å². The van der Waals surface area contributed by atoms with Crippen molar-refractivity contribution >= 4 is 27.5 Å². The number of primary amides is 1. The van der Waals surface area contributed by atoms with Crippen LogP contribution in [0.15, 0.2) is 28.7 Å². The van der Waals surface area contributed by atoms with Gasteiger partial charge in [0.15, 0.2) is 0 Å². The molecule has 0 radical (unpaired) electrons. The Bertz CT molecular complexity index is 297. The maximum Gasteiger partial charge on any atom is 0.239 e. The summed E-state index contributed by atoms with van der Waals surface area (Å²) in [6.07, 6.45) is 0. The van der Waals surface area contributed by atoms with Gasteiger partial charge in [-0.1, -0.05) is 15.9 Å². The molecule has 1 rings (SSSR count). The van der Waals surface area contributed by atoms with Gasteiger partial charge in [0, 0.05) is 10.2 Å². The predicted molar refractivity (Wildman–Crippen MR) is 56.4 cm³/mol. The number of halogens is 1. The van der Waals surface area contributed by atoms with Crippen LogP contribution in [0.2, 0.25) is 0 Å². The van der Waals surface area contributed by atoms with Gasteiger partial charge in [-0.3, -0.25) is 4.79 Å². The van der Waals surface area contributed by atoms with Crippen molar-refractivity contribution in [1.82, 2.24) is 0 Å². The lowest BCUT2D eigenvalue weighted by atomic mass is 10.2. The van der Waals surface area contributed by atoms with Crippen LogP contribution in [-0.4, -0.2) is 11.9 Å². The van der Waals surface area contributed by atoms with Gasteiger partial charge in [-0.2, -0.15) is 0 Å². The molecule has 0 aliphatic carbocycles. The SMILES string of the molecule is CC(Nc1ccc(Br)cc1)C(N)=O. The Morgan fingerprint density at radius 3 is 2.46 bits per heavy atom. The van der Waals surface area contributed by atoms with Crippen LogP contribution in [0, 0.1) is 0 Å². The van der Waals surface area contributed by atoms with Crippen molar-refractivity contribution in [3.8, 4) is 0 Å².